The minimum absolute atomic E-state index is 0.0978. The molecule has 0 radical (unpaired) electrons. The second-order valence-electron chi connectivity index (χ2n) is 5.92. The van der Waals surface area contributed by atoms with Crippen molar-refractivity contribution in [1.82, 2.24) is 0 Å². The molecular weight excluding hydrogens is 297 g/mol. The maximum atomic E-state index is 13.5. The number of benzene rings is 2. The second-order valence-corrected chi connectivity index (χ2v) is 5.92. The Balaban J connectivity index is 1.97. The predicted octanol–water partition coefficient (Wildman–Crippen LogP) is 2.86. The van der Waals surface area contributed by atoms with E-state index in [9.17, 15) is 19.1 Å². The van der Waals surface area contributed by atoms with Crippen molar-refractivity contribution in [3.8, 4) is 0 Å². The number of aliphatic hydroxyl groups is 1. The number of rotatable bonds is 3. The van der Waals surface area contributed by atoms with Gasteiger partial charge in [0.05, 0.1) is 6.42 Å². The number of amides is 1. The van der Waals surface area contributed by atoms with Crippen LogP contribution in [0.1, 0.15) is 33.5 Å². The monoisotopic (exact) mass is 313 g/mol. The van der Waals surface area contributed by atoms with Crippen molar-refractivity contribution in [3.63, 3.8) is 0 Å². The first kappa shape index (κ1) is 15.4. The van der Waals surface area contributed by atoms with E-state index >= 15 is 0 Å². The third-order valence-corrected chi connectivity index (χ3v) is 4.15. The van der Waals surface area contributed by atoms with Crippen LogP contribution in [0.2, 0.25) is 0 Å². The summed E-state index contributed by atoms with van der Waals surface area (Å²) in [5, 5.41) is 13.2. The average Bonchev–Trinajstić information content (AvgIpc) is 2.70. The summed E-state index contributed by atoms with van der Waals surface area (Å²) in [4.78, 5) is 24.7. The van der Waals surface area contributed by atoms with E-state index in [1.807, 2.05) is 13.0 Å². The highest BCUT2D eigenvalue weighted by Crippen LogP contribution is 2.39. The van der Waals surface area contributed by atoms with Gasteiger partial charge >= 0.3 is 0 Å². The molecule has 2 N–H and O–H groups in total. The summed E-state index contributed by atoms with van der Waals surface area (Å²) in [5.74, 6) is -1.65. The van der Waals surface area contributed by atoms with Crippen molar-refractivity contribution in [3.05, 3.63) is 64.5 Å². The maximum absolute atomic E-state index is 13.5. The van der Waals surface area contributed by atoms with Crippen molar-refractivity contribution in [2.24, 2.45) is 0 Å². The summed E-state index contributed by atoms with van der Waals surface area (Å²) in [5.41, 5.74) is 0.612. The first-order valence-corrected chi connectivity index (χ1v) is 7.25. The summed E-state index contributed by atoms with van der Waals surface area (Å²) in [6, 6.07) is 8.99. The summed E-state index contributed by atoms with van der Waals surface area (Å²) >= 11 is 0. The van der Waals surface area contributed by atoms with Gasteiger partial charge in [-0.05, 0) is 37.6 Å². The summed E-state index contributed by atoms with van der Waals surface area (Å²) in [6.45, 7) is 3.71. The summed E-state index contributed by atoms with van der Waals surface area (Å²) in [7, 11) is 0. The van der Waals surface area contributed by atoms with Crippen LogP contribution in [-0.4, -0.2) is 16.8 Å². The Labute approximate surface area is 133 Å². The van der Waals surface area contributed by atoms with E-state index in [0.717, 1.165) is 17.2 Å². The maximum Gasteiger partial charge on any atom is 0.261 e. The van der Waals surface area contributed by atoms with Crippen molar-refractivity contribution >= 4 is 17.4 Å². The third kappa shape index (κ3) is 2.53. The molecular formula is C18H16FNO3. The van der Waals surface area contributed by atoms with Crippen LogP contribution in [0.4, 0.5) is 10.1 Å². The Morgan fingerprint density at radius 1 is 1.22 bits per heavy atom. The molecule has 1 amide bonds. The zero-order valence-corrected chi connectivity index (χ0v) is 12.8. The van der Waals surface area contributed by atoms with Gasteiger partial charge in [-0.15, -0.1) is 0 Å². The molecule has 0 aliphatic carbocycles. The van der Waals surface area contributed by atoms with E-state index < -0.39 is 23.7 Å². The van der Waals surface area contributed by atoms with Crippen LogP contribution in [-0.2, 0) is 10.4 Å². The molecule has 23 heavy (non-hydrogen) atoms. The number of hydrogen-bond acceptors (Lipinski definition) is 3. The number of nitrogens with one attached hydrogen (secondary N) is 1. The summed E-state index contributed by atoms with van der Waals surface area (Å²) in [6.07, 6.45) is -0.431. The Morgan fingerprint density at radius 2 is 1.96 bits per heavy atom. The fraction of sp³-hybridized carbons (Fsp3) is 0.222. The van der Waals surface area contributed by atoms with Crippen molar-refractivity contribution < 1.29 is 19.1 Å². The summed E-state index contributed by atoms with van der Waals surface area (Å²) < 4.78 is 13.5. The highest BCUT2D eigenvalue weighted by molar-refractivity contribution is 6.09. The van der Waals surface area contributed by atoms with E-state index in [-0.39, 0.29) is 11.3 Å². The van der Waals surface area contributed by atoms with E-state index in [0.29, 0.717) is 11.3 Å². The van der Waals surface area contributed by atoms with Crippen LogP contribution in [0.25, 0.3) is 0 Å². The zero-order chi connectivity index (χ0) is 16.8. The van der Waals surface area contributed by atoms with Gasteiger partial charge in [-0.1, -0.05) is 23.8 Å². The van der Waals surface area contributed by atoms with Gasteiger partial charge in [-0.25, -0.2) is 4.39 Å². The lowest BCUT2D eigenvalue weighted by molar-refractivity contribution is -0.133. The fourth-order valence-electron chi connectivity index (χ4n) is 2.95. The van der Waals surface area contributed by atoms with Crippen LogP contribution in [0.15, 0.2) is 36.4 Å². The molecule has 118 valence electrons. The Morgan fingerprint density at radius 3 is 2.65 bits per heavy atom. The van der Waals surface area contributed by atoms with Gasteiger partial charge in [0.1, 0.15) is 5.82 Å². The van der Waals surface area contributed by atoms with Crippen molar-refractivity contribution in [1.29, 1.82) is 0 Å². The van der Waals surface area contributed by atoms with E-state index in [1.54, 1.807) is 19.1 Å². The first-order chi connectivity index (χ1) is 10.8. The lowest BCUT2D eigenvalue weighted by atomic mass is 9.87. The number of Topliss-reactive ketones (excluding diaryl/α,β-unsaturated/α-hetero) is 1. The largest absolute Gasteiger partial charge is 0.375 e. The molecule has 1 heterocycles. The molecule has 1 atom stereocenters. The third-order valence-electron chi connectivity index (χ3n) is 4.15. The lowest BCUT2D eigenvalue weighted by Gasteiger charge is -2.20. The number of halogens is 1. The van der Waals surface area contributed by atoms with E-state index in [2.05, 4.69) is 5.32 Å². The molecule has 2 aromatic carbocycles. The number of fused-ring (bicyclic) bond motifs is 1. The van der Waals surface area contributed by atoms with Gasteiger partial charge in [0, 0.05) is 16.8 Å². The Kier molecular flexibility index (Phi) is 3.53. The fourth-order valence-corrected chi connectivity index (χ4v) is 2.95. The molecule has 0 spiro atoms. The zero-order valence-electron chi connectivity index (χ0n) is 12.8. The van der Waals surface area contributed by atoms with Gasteiger partial charge < -0.3 is 10.4 Å². The SMILES string of the molecule is Cc1ccc(C(=O)C[C@@]2(O)C(=O)Nc3ccc(F)cc32)c(C)c1. The second kappa shape index (κ2) is 5.28. The van der Waals surface area contributed by atoms with Crippen LogP contribution in [0, 0.1) is 19.7 Å². The number of ketones is 1. The lowest BCUT2D eigenvalue weighted by Crippen LogP contribution is -2.36. The van der Waals surface area contributed by atoms with Crippen molar-refractivity contribution in [2.75, 3.05) is 5.32 Å². The highest BCUT2D eigenvalue weighted by Gasteiger charge is 2.47. The van der Waals surface area contributed by atoms with E-state index in [1.165, 1.54) is 12.1 Å². The van der Waals surface area contributed by atoms with E-state index in [4.69, 9.17) is 0 Å². The molecule has 1 aliphatic rings. The molecule has 0 aromatic heterocycles. The smallest absolute Gasteiger partial charge is 0.261 e. The molecule has 0 unspecified atom stereocenters. The topological polar surface area (TPSA) is 66.4 Å². The minimum Gasteiger partial charge on any atom is -0.375 e. The van der Waals surface area contributed by atoms with Gasteiger partial charge in [0.25, 0.3) is 5.91 Å². The van der Waals surface area contributed by atoms with Crippen molar-refractivity contribution in [2.45, 2.75) is 25.9 Å². The normalized spacial score (nSPS) is 19.4. The molecule has 2 aromatic rings. The Bertz CT molecular complexity index is 831. The molecule has 3 rings (SSSR count). The van der Waals surface area contributed by atoms with Crippen LogP contribution < -0.4 is 5.32 Å². The number of anilines is 1. The highest BCUT2D eigenvalue weighted by atomic mass is 19.1. The first-order valence-electron chi connectivity index (χ1n) is 7.25. The Hall–Kier alpha value is -2.53. The van der Waals surface area contributed by atoms with Crippen LogP contribution >= 0.6 is 0 Å². The quantitative estimate of drug-likeness (QED) is 0.856. The van der Waals surface area contributed by atoms with Crippen LogP contribution in [0.3, 0.4) is 0 Å². The minimum atomic E-state index is -2.05. The number of carbonyl (C=O) groups is 2. The average molecular weight is 313 g/mol. The molecule has 0 bridgehead atoms. The molecule has 0 fully saturated rings. The number of carbonyl (C=O) groups excluding carboxylic acids is 2. The van der Waals surface area contributed by atoms with Gasteiger partial charge in [0.15, 0.2) is 11.4 Å². The number of aryl methyl sites for hydroxylation is 2. The molecule has 0 saturated heterocycles. The number of hydrogen-bond donors (Lipinski definition) is 2. The molecule has 0 saturated carbocycles. The molecule has 4 nitrogen and oxygen atoms in total. The molecule has 1 aliphatic heterocycles. The van der Waals surface area contributed by atoms with Gasteiger partial charge in [-0.3, -0.25) is 9.59 Å². The molecule has 5 heteroatoms. The standard InChI is InChI=1S/C18H16FNO3/c1-10-3-5-13(11(2)7-10)16(21)9-18(23)14-8-12(19)4-6-15(14)20-17(18)22/h3-8,23H,9H2,1-2H3,(H,20,22)/t18-/m0/s1. The van der Waals surface area contributed by atoms with Gasteiger partial charge in [-0.2, -0.15) is 0 Å². The van der Waals surface area contributed by atoms with Gasteiger partial charge in [0.2, 0.25) is 0 Å². The predicted molar refractivity (Wildman–Crippen MR) is 83.8 cm³/mol. The van der Waals surface area contributed by atoms with Crippen LogP contribution in [0.5, 0.6) is 0 Å².